The van der Waals surface area contributed by atoms with Gasteiger partial charge in [0.1, 0.15) is 6.54 Å². The van der Waals surface area contributed by atoms with Gasteiger partial charge in [0.2, 0.25) is 5.91 Å². The maximum atomic E-state index is 12.1. The van der Waals surface area contributed by atoms with Crippen LogP contribution in [0.4, 0.5) is 0 Å². The first-order chi connectivity index (χ1) is 8.41. The fraction of sp³-hybridized carbons (Fsp3) is 0.364. The number of hydrogen-bond donors (Lipinski definition) is 0. The maximum Gasteiger partial charge on any atom is 0.330 e. The van der Waals surface area contributed by atoms with E-state index < -0.39 is 0 Å². The van der Waals surface area contributed by atoms with Gasteiger partial charge in [0, 0.05) is 31.8 Å². The van der Waals surface area contributed by atoms with Crippen molar-refractivity contribution in [1.82, 2.24) is 19.0 Å². The SMILES string of the molecule is CN(C)C(=O)Cn1c(=O)n(C)c2ncc(Br)cc21. The predicted molar refractivity (Wildman–Crippen MR) is 71.4 cm³/mol. The van der Waals surface area contributed by atoms with Crippen molar-refractivity contribution in [2.75, 3.05) is 14.1 Å². The summed E-state index contributed by atoms with van der Waals surface area (Å²) >= 11 is 3.31. The molecule has 2 heterocycles. The highest BCUT2D eigenvalue weighted by molar-refractivity contribution is 9.10. The summed E-state index contributed by atoms with van der Waals surface area (Å²) in [6.45, 7) is 0.0152. The van der Waals surface area contributed by atoms with Gasteiger partial charge in [-0.3, -0.25) is 13.9 Å². The van der Waals surface area contributed by atoms with Crippen molar-refractivity contribution in [2.45, 2.75) is 6.54 Å². The third-order valence-electron chi connectivity index (χ3n) is 2.73. The van der Waals surface area contributed by atoms with Crippen molar-refractivity contribution < 1.29 is 4.79 Å². The van der Waals surface area contributed by atoms with Gasteiger partial charge >= 0.3 is 5.69 Å². The van der Waals surface area contributed by atoms with Crippen LogP contribution in [0, 0.1) is 0 Å². The van der Waals surface area contributed by atoms with Crippen LogP contribution >= 0.6 is 15.9 Å². The first-order valence-electron chi connectivity index (χ1n) is 5.32. The zero-order chi connectivity index (χ0) is 13.4. The predicted octanol–water partition coefficient (Wildman–Crippen LogP) is 0.586. The van der Waals surface area contributed by atoms with Crippen LogP contribution in [0.3, 0.4) is 0 Å². The molecular formula is C11H13BrN4O2. The Labute approximate surface area is 112 Å². The number of imidazole rings is 1. The van der Waals surface area contributed by atoms with E-state index in [0.717, 1.165) is 4.47 Å². The highest BCUT2D eigenvalue weighted by Gasteiger charge is 2.15. The van der Waals surface area contributed by atoms with E-state index in [1.54, 1.807) is 33.4 Å². The third-order valence-corrected chi connectivity index (χ3v) is 3.17. The van der Waals surface area contributed by atoms with Gasteiger partial charge in [-0.2, -0.15) is 0 Å². The van der Waals surface area contributed by atoms with E-state index >= 15 is 0 Å². The van der Waals surface area contributed by atoms with Gasteiger partial charge in [0.15, 0.2) is 5.65 Å². The van der Waals surface area contributed by atoms with E-state index in [1.165, 1.54) is 14.0 Å². The lowest BCUT2D eigenvalue weighted by atomic mass is 10.4. The van der Waals surface area contributed by atoms with E-state index in [0.29, 0.717) is 11.2 Å². The quantitative estimate of drug-likeness (QED) is 0.815. The Balaban J connectivity index is 2.63. The molecule has 2 aromatic heterocycles. The number of pyridine rings is 1. The van der Waals surface area contributed by atoms with Gasteiger partial charge in [0.25, 0.3) is 0 Å². The van der Waals surface area contributed by atoms with Gasteiger partial charge in [-0.1, -0.05) is 0 Å². The summed E-state index contributed by atoms with van der Waals surface area (Å²) in [6.07, 6.45) is 1.62. The molecule has 0 N–H and O–H groups in total. The summed E-state index contributed by atoms with van der Waals surface area (Å²) in [7, 11) is 4.96. The van der Waals surface area contributed by atoms with Crippen molar-refractivity contribution >= 4 is 33.0 Å². The Bertz CT molecular complexity index is 671. The maximum absolute atomic E-state index is 12.1. The summed E-state index contributed by atoms with van der Waals surface area (Å²) in [5, 5.41) is 0. The number of aromatic nitrogens is 3. The molecule has 0 bridgehead atoms. The third kappa shape index (κ3) is 2.05. The fourth-order valence-electron chi connectivity index (χ4n) is 1.68. The molecule has 0 fully saturated rings. The molecule has 0 aliphatic carbocycles. The lowest BCUT2D eigenvalue weighted by Gasteiger charge is -2.10. The van der Waals surface area contributed by atoms with Gasteiger partial charge < -0.3 is 4.90 Å². The molecule has 6 nitrogen and oxygen atoms in total. The number of likely N-dealkylation sites (N-methyl/N-ethyl adjacent to an activating group) is 1. The van der Waals surface area contributed by atoms with Crippen LogP contribution in [0.1, 0.15) is 0 Å². The van der Waals surface area contributed by atoms with E-state index in [2.05, 4.69) is 20.9 Å². The van der Waals surface area contributed by atoms with Gasteiger partial charge in [-0.15, -0.1) is 0 Å². The Morgan fingerprint density at radius 2 is 2.17 bits per heavy atom. The average molecular weight is 313 g/mol. The van der Waals surface area contributed by atoms with Crippen molar-refractivity contribution in [2.24, 2.45) is 7.05 Å². The molecule has 96 valence electrons. The fourth-order valence-corrected chi connectivity index (χ4v) is 2.00. The minimum Gasteiger partial charge on any atom is -0.347 e. The molecule has 0 aliphatic heterocycles. The van der Waals surface area contributed by atoms with Crippen molar-refractivity contribution in [3.63, 3.8) is 0 Å². The lowest BCUT2D eigenvalue weighted by molar-refractivity contribution is -0.129. The van der Waals surface area contributed by atoms with E-state index in [9.17, 15) is 9.59 Å². The summed E-state index contributed by atoms with van der Waals surface area (Å²) in [4.78, 5) is 29.4. The zero-order valence-electron chi connectivity index (χ0n) is 10.3. The number of carbonyl (C=O) groups is 1. The molecular weight excluding hydrogens is 300 g/mol. The van der Waals surface area contributed by atoms with Crippen LogP contribution < -0.4 is 5.69 Å². The van der Waals surface area contributed by atoms with Gasteiger partial charge in [-0.05, 0) is 22.0 Å². The number of fused-ring (bicyclic) bond motifs is 1. The van der Waals surface area contributed by atoms with Gasteiger partial charge in [0.05, 0.1) is 5.52 Å². The summed E-state index contributed by atoms with van der Waals surface area (Å²) < 4.78 is 3.63. The minimum atomic E-state index is -0.245. The van der Waals surface area contributed by atoms with Crippen LogP contribution in [-0.4, -0.2) is 39.0 Å². The number of hydrogen-bond acceptors (Lipinski definition) is 3. The van der Waals surface area contributed by atoms with Crippen molar-refractivity contribution in [3.8, 4) is 0 Å². The molecule has 0 saturated heterocycles. The first-order valence-corrected chi connectivity index (χ1v) is 6.12. The molecule has 0 unspecified atom stereocenters. The summed E-state index contributed by atoms with van der Waals surface area (Å²) in [5.74, 6) is -0.135. The Morgan fingerprint density at radius 3 is 2.78 bits per heavy atom. The number of rotatable bonds is 2. The molecule has 7 heteroatoms. The zero-order valence-corrected chi connectivity index (χ0v) is 11.9. The summed E-state index contributed by atoms with van der Waals surface area (Å²) in [5.41, 5.74) is 0.965. The smallest absolute Gasteiger partial charge is 0.330 e. The normalized spacial score (nSPS) is 10.9. The topological polar surface area (TPSA) is 60.1 Å². The monoisotopic (exact) mass is 312 g/mol. The molecule has 2 rings (SSSR count). The van der Waals surface area contributed by atoms with E-state index in [4.69, 9.17) is 0 Å². The number of halogens is 1. The second kappa shape index (κ2) is 4.56. The second-order valence-corrected chi connectivity index (χ2v) is 5.13. The van der Waals surface area contributed by atoms with Crippen molar-refractivity contribution in [3.05, 3.63) is 27.2 Å². The molecule has 1 amide bonds. The Kier molecular flexibility index (Phi) is 3.25. The van der Waals surface area contributed by atoms with Crippen LogP contribution in [0.2, 0.25) is 0 Å². The molecule has 0 spiro atoms. The molecule has 2 aromatic rings. The van der Waals surface area contributed by atoms with Crippen LogP contribution in [-0.2, 0) is 18.4 Å². The second-order valence-electron chi connectivity index (χ2n) is 4.21. The minimum absolute atomic E-state index is 0.0152. The lowest BCUT2D eigenvalue weighted by Crippen LogP contribution is -2.31. The van der Waals surface area contributed by atoms with Crippen LogP contribution in [0.15, 0.2) is 21.5 Å². The average Bonchev–Trinajstić information content (AvgIpc) is 2.54. The van der Waals surface area contributed by atoms with Gasteiger partial charge in [-0.25, -0.2) is 9.78 Å². The summed E-state index contributed by atoms with van der Waals surface area (Å²) in [6, 6.07) is 1.78. The number of amides is 1. The number of aryl methyl sites for hydroxylation is 1. The van der Waals surface area contributed by atoms with E-state index in [-0.39, 0.29) is 18.1 Å². The van der Waals surface area contributed by atoms with Crippen molar-refractivity contribution in [1.29, 1.82) is 0 Å². The standard InChI is InChI=1S/C11H13BrN4O2/c1-14(2)9(17)6-16-8-4-7(12)5-13-10(8)15(3)11(16)18/h4-5H,6H2,1-3H3. The molecule has 0 aromatic carbocycles. The Morgan fingerprint density at radius 1 is 1.50 bits per heavy atom. The number of carbonyl (C=O) groups excluding carboxylic acids is 1. The van der Waals surface area contributed by atoms with E-state index in [1.807, 2.05) is 0 Å². The highest BCUT2D eigenvalue weighted by atomic mass is 79.9. The molecule has 18 heavy (non-hydrogen) atoms. The Hall–Kier alpha value is -1.63. The number of nitrogens with zero attached hydrogens (tertiary/aromatic N) is 4. The molecule has 0 aliphatic rings. The van der Waals surface area contributed by atoms with Crippen LogP contribution in [0.5, 0.6) is 0 Å². The van der Waals surface area contributed by atoms with Crippen LogP contribution in [0.25, 0.3) is 11.2 Å². The first kappa shape index (κ1) is 12.8. The highest BCUT2D eigenvalue weighted by Crippen LogP contribution is 2.16. The largest absolute Gasteiger partial charge is 0.347 e. The molecule has 0 atom stereocenters. The molecule has 0 radical (unpaired) electrons. The molecule has 0 saturated carbocycles.